The number of ketones is 1. The Morgan fingerprint density at radius 1 is 1.50 bits per heavy atom. The summed E-state index contributed by atoms with van der Waals surface area (Å²) in [6, 6.07) is 7.54. The number of rotatable bonds is 5. The Balaban J connectivity index is 2.13. The second-order valence-electron chi connectivity index (χ2n) is 3.67. The number of carbonyl (C=O) groups is 1. The first-order chi connectivity index (χ1) is 8.69. The van der Waals surface area contributed by atoms with Crippen LogP contribution in [0.15, 0.2) is 33.3 Å². The first kappa shape index (κ1) is 12.9. The monoisotopic (exact) mass is 310 g/mol. The highest BCUT2D eigenvalue weighted by Crippen LogP contribution is 2.20. The fourth-order valence-corrected chi connectivity index (χ4v) is 1.85. The Hall–Kier alpha value is -1.53. The molecule has 0 saturated carbocycles. The van der Waals surface area contributed by atoms with Crippen molar-refractivity contribution >= 4 is 21.7 Å². The molecule has 0 spiro atoms. The predicted molar refractivity (Wildman–Crippen MR) is 68.0 cm³/mol. The number of benzene rings is 1. The molecule has 18 heavy (non-hydrogen) atoms. The lowest BCUT2D eigenvalue weighted by atomic mass is 10.2. The molecular formula is C12H11BrN2O3. The SMILES string of the molecule is COCC(=O)Cc1nc(-c2cccc(Br)c2)no1. The summed E-state index contributed by atoms with van der Waals surface area (Å²) in [7, 11) is 1.47. The molecule has 2 aromatic rings. The zero-order valence-electron chi connectivity index (χ0n) is 9.72. The van der Waals surface area contributed by atoms with E-state index in [1.54, 1.807) is 0 Å². The van der Waals surface area contributed by atoms with Crippen LogP contribution in [0.4, 0.5) is 0 Å². The second-order valence-corrected chi connectivity index (χ2v) is 4.59. The molecule has 0 N–H and O–H groups in total. The first-order valence-corrected chi connectivity index (χ1v) is 6.07. The van der Waals surface area contributed by atoms with E-state index in [-0.39, 0.29) is 18.8 Å². The van der Waals surface area contributed by atoms with Gasteiger partial charge in [0.1, 0.15) is 6.61 Å². The van der Waals surface area contributed by atoms with Crippen molar-refractivity contribution < 1.29 is 14.1 Å². The number of aromatic nitrogens is 2. The normalized spacial score (nSPS) is 10.6. The van der Waals surface area contributed by atoms with Crippen molar-refractivity contribution in [3.63, 3.8) is 0 Å². The summed E-state index contributed by atoms with van der Waals surface area (Å²) in [5.74, 6) is 0.672. The van der Waals surface area contributed by atoms with Gasteiger partial charge in [0.25, 0.3) is 0 Å². The Morgan fingerprint density at radius 3 is 3.06 bits per heavy atom. The van der Waals surface area contributed by atoms with E-state index in [1.165, 1.54) is 7.11 Å². The minimum absolute atomic E-state index is 0.0502. The minimum atomic E-state index is -0.0954. The third-order valence-corrected chi connectivity index (χ3v) is 2.70. The van der Waals surface area contributed by atoms with Gasteiger partial charge in [0, 0.05) is 17.1 Å². The van der Waals surface area contributed by atoms with Crippen LogP contribution in [0, 0.1) is 0 Å². The largest absolute Gasteiger partial charge is 0.377 e. The number of hydrogen-bond acceptors (Lipinski definition) is 5. The van der Waals surface area contributed by atoms with E-state index in [2.05, 4.69) is 26.1 Å². The van der Waals surface area contributed by atoms with Gasteiger partial charge in [0.05, 0.1) is 6.42 Å². The summed E-state index contributed by atoms with van der Waals surface area (Å²) in [6.07, 6.45) is 0.0921. The van der Waals surface area contributed by atoms with Gasteiger partial charge in [-0.05, 0) is 12.1 Å². The van der Waals surface area contributed by atoms with Gasteiger partial charge in [-0.25, -0.2) is 0 Å². The molecule has 1 aromatic heterocycles. The van der Waals surface area contributed by atoms with Crippen molar-refractivity contribution in [2.45, 2.75) is 6.42 Å². The van der Waals surface area contributed by atoms with Gasteiger partial charge in [-0.3, -0.25) is 4.79 Å². The zero-order valence-corrected chi connectivity index (χ0v) is 11.3. The number of ether oxygens (including phenoxy) is 1. The maximum Gasteiger partial charge on any atom is 0.234 e. The average molecular weight is 311 g/mol. The molecule has 0 amide bonds. The van der Waals surface area contributed by atoms with E-state index >= 15 is 0 Å². The fourth-order valence-electron chi connectivity index (χ4n) is 1.45. The standard InChI is InChI=1S/C12H11BrN2O3/c1-17-7-10(16)6-11-14-12(15-18-11)8-3-2-4-9(13)5-8/h2-5H,6-7H2,1H3. The highest BCUT2D eigenvalue weighted by Gasteiger charge is 2.12. The van der Waals surface area contributed by atoms with E-state index in [1.807, 2.05) is 24.3 Å². The van der Waals surface area contributed by atoms with Crippen LogP contribution in [0.2, 0.25) is 0 Å². The van der Waals surface area contributed by atoms with E-state index < -0.39 is 0 Å². The van der Waals surface area contributed by atoms with Gasteiger partial charge in [-0.15, -0.1) is 0 Å². The van der Waals surface area contributed by atoms with Gasteiger partial charge in [-0.1, -0.05) is 33.2 Å². The summed E-state index contributed by atoms with van der Waals surface area (Å²) in [5.41, 5.74) is 0.832. The molecule has 6 heteroatoms. The Bertz CT molecular complexity index is 554. The molecule has 0 aliphatic carbocycles. The zero-order chi connectivity index (χ0) is 13.0. The molecule has 94 valence electrons. The second kappa shape index (κ2) is 5.88. The van der Waals surface area contributed by atoms with Crippen LogP contribution in [-0.4, -0.2) is 29.6 Å². The summed E-state index contributed by atoms with van der Waals surface area (Å²) in [6.45, 7) is 0.0502. The lowest BCUT2D eigenvalue weighted by Gasteiger charge is -1.94. The predicted octanol–water partition coefficient (Wildman–Crippen LogP) is 2.26. The average Bonchev–Trinajstić information content (AvgIpc) is 2.78. The van der Waals surface area contributed by atoms with Crippen LogP contribution >= 0.6 is 15.9 Å². The number of nitrogens with zero attached hydrogens (tertiary/aromatic N) is 2. The molecule has 0 bridgehead atoms. The fraction of sp³-hybridized carbons (Fsp3) is 0.250. The number of hydrogen-bond donors (Lipinski definition) is 0. The van der Waals surface area contributed by atoms with Crippen LogP contribution in [0.25, 0.3) is 11.4 Å². The third-order valence-electron chi connectivity index (χ3n) is 2.20. The minimum Gasteiger partial charge on any atom is -0.377 e. The van der Waals surface area contributed by atoms with E-state index in [4.69, 9.17) is 9.26 Å². The molecule has 2 rings (SSSR count). The van der Waals surface area contributed by atoms with Gasteiger partial charge < -0.3 is 9.26 Å². The lowest BCUT2D eigenvalue weighted by Crippen LogP contribution is -2.09. The van der Waals surface area contributed by atoms with Gasteiger partial charge >= 0.3 is 0 Å². The molecule has 0 radical (unpaired) electrons. The van der Waals surface area contributed by atoms with Gasteiger partial charge in [0.15, 0.2) is 5.78 Å². The summed E-state index contributed by atoms with van der Waals surface area (Å²) in [5, 5.41) is 3.84. The Morgan fingerprint density at radius 2 is 2.33 bits per heavy atom. The first-order valence-electron chi connectivity index (χ1n) is 5.28. The molecule has 5 nitrogen and oxygen atoms in total. The van der Waals surface area contributed by atoms with E-state index in [0.717, 1.165) is 10.0 Å². The summed E-state index contributed by atoms with van der Waals surface area (Å²) >= 11 is 3.37. The van der Waals surface area contributed by atoms with Crippen molar-refractivity contribution in [1.82, 2.24) is 10.1 Å². The third kappa shape index (κ3) is 3.24. The van der Waals surface area contributed by atoms with Crippen LogP contribution in [0.1, 0.15) is 5.89 Å². The van der Waals surface area contributed by atoms with Crippen molar-refractivity contribution in [2.24, 2.45) is 0 Å². The Kier molecular flexibility index (Phi) is 4.22. The molecule has 1 heterocycles. The Labute approximate surface area is 112 Å². The van der Waals surface area contributed by atoms with Crippen molar-refractivity contribution in [3.8, 4) is 11.4 Å². The van der Waals surface area contributed by atoms with Crippen LogP contribution in [0.3, 0.4) is 0 Å². The molecular weight excluding hydrogens is 300 g/mol. The van der Waals surface area contributed by atoms with Crippen LogP contribution in [-0.2, 0) is 16.0 Å². The van der Waals surface area contributed by atoms with Crippen LogP contribution < -0.4 is 0 Å². The maximum atomic E-state index is 11.4. The van der Waals surface area contributed by atoms with Gasteiger partial charge in [-0.2, -0.15) is 4.98 Å². The van der Waals surface area contributed by atoms with Crippen LogP contribution in [0.5, 0.6) is 0 Å². The quantitative estimate of drug-likeness (QED) is 0.847. The topological polar surface area (TPSA) is 65.2 Å². The summed E-state index contributed by atoms with van der Waals surface area (Å²) in [4.78, 5) is 15.5. The van der Waals surface area contributed by atoms with Crippen molar-refractivity contribution in [3.05, 3.63) is 34.6 Å². The molecule has 0 atom stereocenters. The smallest absolute Gasteiger partial charge is 0.234 e. The molecule has 1 aromatic carbocycles. The molecule has 0 fully saturated rings. The number of carbonyl (C=O) groups excluding carboxylic acids is 1. The lowest BCUT2D eigenvalue weighted by molar-refractivity contribution is -0.122. The summed E-state index contributed by atoms with van der Waals surface area (Å²) < 4.78 is 10.7. The molecule has 0 saturated heterocycles. The van der Waals surface area contributed by atoms with Crippen molar-refractivity contribution in [2.75, 3.05) is 13.7 Å². The number of Topliss-reactive ketones (excluding diaryl/α,β-unsaturated/α-hetero) is 1. The highest BCUT2D eigenvalue weighted by atomic mass is 79.9. The van der Waals surface area contributed by atoms with Crippen molar-refractivity contribution in [1.29, 1.82) is 0 Å². The molecule has 0 aliphatic rings. The maximum absolute atomic E-state index is 11.4. The highest BCUT2D eigenvalue weighted by molar-refractivity contribution is 9.10. The van der Waals surface area contributed by atoms with E-state index in [0.29, 0.717) is 11.7 Å². The molecule has 0 unspecified atom stereocenters. The van der Waals surface area contributed by atoms with Gasteiger partial charge in [0.2, 0.25) is 11.7 Å². The number of methoxy groups -OCH3 is 1. The van der Waals surface area contributed by atoms with E-state index in [9.17, 15) is 4.79 Å². The number of halogens is 1. The molecule has 0 aliphatic heterocycles.